The van der Waals surface area contributed by atoms with Crippen molar-refractivity contribution in [1.82, 2.24) is 4.57 Å². The maximum Gasteiger partial charge on any atom is 0.338 e. The van der Waals surface area contributed by atoms with Gasteiger partial charge in [-0.2, -0.15) is 0 Å². The van der Waals surface area contributed by atoms with E-state index in [4.69, 9.17) is 13.9 Å². The summed E-state index contributed by atoms with van der Waals surface area (Å²) < 4.78 is 17.8. The number of benzene rings is 1. The lowest BCUT2D eigenvalue weighted by Crippen LogP contribution is -2.39. The second-order valence-electron chi connectivity index (χ2n) is 6.79. The van der Waals surface area contributed by atoms with E-state index in [2.05, 4.69) is 4.99 Å². The van der Waals surface area contributed by atoms with E-state index in [0.29, 0.717) is 32.1 Å². The number of ether oxygens (including phenoxy) is 2. The van der Waals surface area contributed by atoms with E-state index in [-0.39, 0.29) is 5.56 Å². The smallest absolute Gasteiger partial charge is 0.338 e. The van der Waals surface area contributed by atoms with Crippen LogP contribution in [0.1, 0.15) is 30.0 Å². The quantitative estimate of drug-likeness (QED) is 0.601. The highest BCUT2D eigenvalue weighted by Crippen LogP contribution is 2.31. The first-order valence-corrected chi connectivity index (χ1v) is 10.1. The number of aryl methyl sites for hydroxylation is 1. The first kappa shape index (κ1) is 19.9. The molecule has 7 nitrogen and oxygen atoms in total. The Morgan fingerprint density at radius 3 is 2.50 bits per heavy atom. The highest BCUT2D eigenvalue weighted by atomic mass is 32.1. The van der Waals surface area contributed by atoms with Crippen molar-refractivity contribution >= 4 is 23.4 Å². The summed E-state index contributed by atoms with van der Waals surface area (Å²) in [4.78, 5) is 31.0. The van der Waals surface area contributed by atoms with E-state index in [1.54, 1.807) is 38.3 Å². The monoisotopic (exact) mass is 424 g/mol. The number of rotatable bonds is 4. The average Bonchev–Trinajstić information content (AvgIpc) is 3.29. The molecule has 30 heavy (non-hydrogen) atoms. The summed E-state index contributed by atoms with van der Waals surface area (Å²) in [5.41, 5.74) is 1.36. The molecule has 1 atom stereocenters. The van der Waals surface area contributed by atoms with Crippen LogP contribution in [0, 0.1) is 6.92 Å². The zero-order valence-electron chi connectivity index (χ0n) is 17.0. The third-order valence-electron chi connectivity index (χ3n) is 4.89. The average molecular weight is 424 g/mol. The molecule has 1 aromatic carbocycles. The zero-order chi connectivity index (χ0) is 21.4. The maximum atomic E-state index is 13.3. The van der Waals surface area contributed by atoms with Crippen molar-refractivity contribution in [1.29, 1.82) is 0 Å². The molecule has 0 bridgehead atoms. The Balaban J connectivity index is 1.96. The number of carbonyl (C=O) groups excluding carboxylic acids is 1. The normalized spacial score (nSPS) is 16.3. The fourth-order valence-corrected chi connectivity index (χ4v) is 4.48. The van der Waals surface area contributed by atoms with Crippen LogP contribution in [0.4, 0.5) is 0 Å². The number of nitrogens with zero attached hydrogens (tertiary/aromatic N) is 2. The van der Waals surface area contributed by atoms with Crippen molar-refractivity contribution < 1.29 is 18.7 Å². The molecule has 0 unspecified atom stereocenters. The van der Waals surface area contributed by atoms with Crippen LogP contribution in [0.3, 0.4) is 0 Å². The summed E-state index contributed by atoms with van der Waals surface area (Å²) in [6.07, 6.45) is 1.69. The Labute approximate surface area is 176 Å². The van der Waals surface area contributed by atoms with Crippen LogP contribution in [-0.2, 0) is 9.53 Å². The lowest BCUT2D eigenvalue weighted by atomic mass is 9.96. The lowest BCUT2D eigenvalue weighted by molar-refractivity contribution is -0.136. The van der Waals surface area contributed by atoms with Gasteiger partial charge in [0.2, 0.25) is 0 Å². The van der Waals surface area contributed by atoms with Crippen molar-refractivity contribution in [2.24, 2.45) is 4.99 Å². The van der Waals surface area contributed by atoms with Crippen molar-refractivity contribution in [2.75, 3.05) is 14.2 Å². The van der Waals surface area contributed by atoms with Crippen LogP contribution in [0.25, 0.3) is 6.08 Å². The van der Waals surface area contributed by atoms with Crippen LogP contribution in [-0.4, -0.2) is 24.8 Å². The van der Waals surface area contributed by atoms with Crippen molar-refractivity contribution in [2.45, 2.75) is 19.9 Å². The molecule has 1 aliphatic rings. The molecule has 0 saturated carbocycles. The third kappa shape index (κ3) is 3.39. The molecule has 3 aromatic rings. The van der Waals surface area contributed by atoms with Crippen LogP contribution < -0.4 is 19.6 Å². The van der Waals surface area contributed by atoms with Gasteiger partial charge < -0.3 is 13.9 Å². The Kier molecular flexibility index (Phi) is 5.17. The summed E-state index contributed by atoms with van der Waals surface area (Å²) >= 11 is 1.25. The molecule has 8 heteroatoms. The predicted molar refractivity (Wildman–Crippen MR) is 112 cm³/mol. The second kappa shape index (κ2) is 7.79. The fraction of sp³-hybridized carbons (Fsp3) is 0.227. The molecular weight excluding hydrogens is 404 g/mol. The fourth-order valence-electron chi connectivity index (χ4n) is 3.45. The minimum Gasteiger partial charge on any atom is -0.497 e. The Bertz CT molecular complexity index is 1330. The van der Waals surface area contributed by atoms with Gasteiger partial charge in [-0.1, -0.05) is 23.5 Å². The van der Waals surface area contributed by atoms with Gasteiger partial charge in [0, 0.05) is 6.08 Å². The number of hydrogen-bond acceptors (Lipinski definition) is 7. The van der Waals surface area contributed by atoms with Crippen LogP contribution in [0.15, 0.2) is 61.9 Å². The molecule has 1 aliphatic heterocycles. The molecule has 0 aliphatic carbocycles. The number of aromatic nitrogens is 1. The standard InChI is InChI=1S/C22H20N2O5S/c1-12-5-8-16(29-12)11-17-20(25)24-19(14-6-9-15(27-3)10-7-14)18(21(26)28-4)13(2)23-22(24)30-17/h5-11,19H,1-4H3/b17-11-/t19-/m1/s1. The van der Waals surface area contributed by atoms with E-state index in [1.807, 2.05) is 25.1 Å². The molecule has 0 saturated heterocycles. The summed E-state index contributed by atoms with van der Waals surface area (Å²) in [6.45, 7) is 3.59. The molecule has 0 radical (unpaired) electrons. The van der Waals surface area contributed by atoms with Crippen LogP contribution in [0.2, 0.25) is 0 Å². The summed E-state index contributed by atoms with van der Waals surface area (Å²) in [5, 5.41) is 0. The zero-order valence-corrected chi connectivity index (χ0v) is 17.8. The molecule has 0 N–H and O–H groups in total. The van der Waals surface area contributed by atoms with Crippen LogP contribution >= 0.6 is 11.3 Å². The number of hydrogen-bond donors (Lipinski definition) is 0. The van der Waals surface area contributed by atoms with Gasteiger partial charge in [0.1, 0.15) is 17.3 Å². The Hall–Kier alpha value is -3.39. The number of allylic oxidation sites excluding steroid dienone is 1. The number of carbonyl (C=O) groups is 1. The minimum absolute atomic E-state index is 0.248. The first-order valence-electron chi connectivity index (χ1n) is 9.24. The van der Waals surface area contributed by atoms with Gasteiger partial charge in [-0.15, -0.1) is 0 Å². The van der Waals surface area contributed by atoms with E-state index in [9.17, 15) is 9.59 Å². The number of esters is 1. The number of furan rings is 1. The molecule has 0 amide bonds. The molecule has 154 valence electrons. The topological polar surface area (TPSA) is 83.0 Å². The van der Waals surface area contributed by atoms with Gasteiger partial charge in [0.15, 0.2) is 4.80 Å². The van der Waals surface area contributed by atoms with Gasteiger partial charge in [-0.3, -0.25) is 9.36 Å². The summed E-state index contributed by atoms with van der Waals surface area (Å²) in [6, 6.07) is 10.2. The highest BCUT2D eigenvalue weighted by molar-refractivity contribution is 7.07. The van der Waals surface area contributed by atoms with Crippen molar-refractivity contribution in [3.8, 4) is 5.75 Å². The Morgan fingerprint density at radius 2 is 1.90 bits per heavy atom. The van der Waals surface area contributed by atoms with Gasteiger partial charge in [0.05, 0.1) is 36.1 Å². The first-order chi connectivity index (χ1) is 14.4. The largest absolute Gasteiger partial charge is 0.497 e. The van der Waals surface area contributed by atoms with Crippen molar-refractivity contribution in [3.63, 3.8) is 0 Å². The van der Waals surface area contributed by atoms with Gasteiger partial charge in [-0.25, -0.2) is 9.79 Å². The number of fused-ring (bicyclic) bond motifs is 1. The number of thiazole rings is 1. The molecule has 4 rings (SSSR count). The van der Waals surface area contributed by atoms with Crippen LogP contribution in [0.5, 0.6) is 5.75 Å². The SMILES string of the molecule is COC(=O)C1=C(C)N=c2s/c(=C\c3ccc(C)o3)c(=O)n2[C@@H]1c1ccc(OC)cc1. The molecule has 3 heterocycles. The third-order valence-corrected chi connectivity index (χ3v) is 5.88. The maximum absolute atomic E-state index is 13.3. The van der Waals surface area contributed by atoms with E-state index in [0.717, 1.165) is 11.3 Å². The molecule has 0 fully saturated rings. The van der Waals surface area contributed by atoms with E-state index >= 15 is 0 Å². The van der Waals surface area contributed by atoms with E-state index < -0.39 is 12.0 Å². The highest BCUT2D eigenvalue weighted by Gasteiger charge is 2.33. The van der Waals surface area contributed by atoms with Gasteiger partial charge >= 0.3 is 5.97 Å². The van der Waals surface area contributed by atoms with Gasteiger partial charge in [-0.05, 0) is 43.7 Å². The minimum atomic E-state index is -0.653. The second-order valence-corrected chi connectivity index (χ2v) is 7.80. The number of methoxy groups -OCH3 is 2. The molecule has 0 spiro atoms. The molecular formula is C22H20N2O5S. The van der Waals surface area contributed by atoms with E-state index in [1.165, 1.54) is 23.0 Å². The van der Waals surface area contributed by atoms with Gasteiger partial charge in [0.25, 0.3) is 5.56 Å². The molecule has 2 aromatic heterocycles. The summed E-state index contributed by atoms with van der Waals surface area (Å²) in [7, 11) is 2.90. The lowest BCUT2D eigenvalue weighted by Gasteiger charge is -2.24. The Morgan fingerprint density at radius 1 is 1.17 bits per heavy atom. The summed E-state index contributed by atoms with van der Waals surface area (Å²) in [5.74, 6) is 1.50. The predicted octanol–water partition coefficient (Wildman–Crippen LogP) is 2.32. The van der Waals surface area contributed by atoms with Crippen molar-refractivity contribution in [3.05, 3.63) is 84.4 Å².